The summed E-state index contributed by atoms with van der Waals surface area (Å²) in [5.74, 6) is 1.48. The Bertz CT molecular complexity index is 2370. The van der Waals surface area contributed by atoms with Gasteiger partial charge in [-0.1, -0.05) is 134 Å². The molecule has 0 atom stereocenters. The molecule has 0 amide bonds. The monoisotopic (exact) mass is 683 g/mol. The first-order valence-corrected chi connectivity index (χ1v) is 18.4. The molecule has 262 valence electrons. The Balaban J connectivity index is 1.59. The molecule has 0 aliphatic rings. The minimum absolute atomic E-state index is 0.148. The van der Waals surface area contributed by atoms with Crippen molar-refractivity contribution in [3.8, 4) is 56.3 Å². The van der Waals surface area contributed by atoms with Crippen molar-refractivity contribution in [3.05, 3.63) is 144 Å². The molecule has 7 rings (SSSR count). The Morgan fingerprint density at radius 2 is 1.33 bits per heavy atom. The smallest absolute Gasteiger partial charge is 0.149 e. The van der Waals surface area contributed by atoms with Gasteiger partial charge in [-0.3, -0.25) is 9.55 Å². The molecule has 0 aliphatic carbocycles. The molecular formula is C48H49N3O. The average Bonchev–Trinajstić information content (AvgIpc) is 3.50. The predicted molar refractivity (Wildman–Crippen MR) is 218 cm³/mol. The summed E-state index contributed by atoms with van der Waals surface area (Å²) in [6, 6.07) is 42.7. The highest BCUT2D eigenvalue weighted by atomic mass is 16.3. The van der Waals surface area contributed by atoms with Crippen LogP contribution in [-0.2, 0) is 17.3 Å². The first-order valence-electron chi connectivity index (χ1n) is 18.4. The zero-order valence-electron chi connectivity index (χ0n) is 31.7. The second-order valence-corrected chi connectivity index (χ2v) is 16.5. The number of para-hydroxylation sites is 2. The highest BCUT2D eigenvalue weighted by Crippen LogP contribution is 2.45. The van der Waals surface area contributed by atoms with Crippen LogP contribution in [0.15, 0.2) is 128 Å². The van der Waals surface area contributed by atoms with Crippen LogP contribution in [-0.4, -0.2) is 19.6 Å². The van der Waals surface area contributed by atoms with E-state index in [9.17, 15) is 5.11 Å². The molecule has 4 nitrogen and oxygen atoms in total. The molecule has 7 aromatic rings. The molecule has 0 fully saturated rings. The lowest BCUT2D eigenvalue weighted by Gasteiger charge is -2.27. The van der Waals surface area contributed by atoms with Gasteiger partial charge in [0.15, 0.2) is 0 Å². The summed E-state index contributed by atoms with van der Waals surface area (Å²) in [4.78, 5) is 10.3. The van der Waals surface area contributed by atoms with E-state index in [1.165, 1.54) is 5.56 Å². The maximum Gasteiger partial charge on any atom is 0.149 e. The second kappa shape index (κ2) is 13.6. The van der Waals surface area contributed by atoms with Crippen LogP contribution in [0.3, 0.4) is 0 Å². The Kier molecular flexibility index (Phi) is 9.12. The standard InChI is InChI=1S/C48H49N3O/c1-31(2)25-32-26-34(28-35(27-32)41-21-14-15-24-49-41)38-20-16-23-43-44(38)50-46(39-29-36(47(3,4)5)30-40(45(39)52)48(6,7)8)51(43)42-22-13-12-19-37(42)33-17-10-9-11-18-33/h9-24,26-31,52H,25H2,1-8H3. The lowest BCUT2D eigenvalue weighted by Crippen LogP contribution is -2.17. The van der Waals surface area contributed by atoms with Crippen molar-refractivity contribution >= 4 is 11.0 Å². The molecule has 0 unspecified atom stereocenters. The van der Waals surface area contributed by atoms with Gasteiger partial charge in [0.1, 0.15) is 11.6 Å². The third-order valence-electron chi connectivity index (χ3n) is 9.85. The zero-order valence-corrected chi connectivity index (χ0v) is 31.7. The van der Waals surface area contributed by atoms with Gasteiger partial charge >= 0.3 is 0 Å². The fraction of sp³-hybridized carbons (Fsp3) is 0.250. The number of phenolic OH excluding ortho intramolecular Hbond substituents is 1. The summed E-state index contributed by atoms with van der Waals surface area (Å²) >= 11 is 0. The molecule has 0 saturated heterocycles. The van der Waals surface area contributed by atoms with Gasteiger partial charge in [0.2, 0.25) is 0 Å². The van der Waals surface area contributed by atoms with Gasteiger partial charge in [0.25, 0.3) is 0 Å². The van der Waals surface area contributed by atoms with Gasteiger partial charge in [-0.2, -0.15) is 0 Å². The Morgan fingerprint density at radius 1 is 0.635 bits per heavy atom. The molecule has 2 aromatic heterocycles. The lowest BCUT2D eigenvalue weighted by atomic mass is 9.79. The minimum Gasteiger partial charge on any atom is -0.507 e. The fourth-order valence-corrected chi connectivity index (χ4v) is 7.22. The number of imidazole rings is 1. The molecule has 1 N–H and O–H groups in total. The summed E-state index contributed by atoms with van der Waals surface area (Å²) in [5, 5.41) is 12.3. The SMILES string of the molecule is CC(C)Cc1cc(-c2ccccn2)cc(-c2cccc3c2nc(-c2cc(C(C)(C)C)cc(C(C)(C)C)c2O)n3-c2ccccc2-c2ccccc2)c1. The molecule has 2 heterocycles. The number of rotatable bonds is 7. The van der Waals surface area contributed by atoms with Gasteiger partial charge in [-0.05, 0) is 87.9 Å². The van der Waals surface area contributed by atoms with Crippen molar-refractivity contribution in [2.75, 3.05) is 0 Å². The first kappa shape index (κ1) is 34.9. The number of aromatic hydroxyl groups is 1. The molecule has 5 aromatic carbocycles. The third kappa shape index (κ3) is 6.78. The highest BCUT2D eigenvalue weighted by molar-refractivity contribution is 5.97. The van der Waals surface area contributed by atoms with Crippen LogP contribution >= 0.6 is 0 Å². The van der Waals surface area contributed by atoms with E-state index in [1.54, 1.807) is 0 Å². The van der Waals surface area contributed by atoms with E-state index in [0.717, 1.165) is 73.3 Å². The maximum absolute atomic E-state index is 12.3. The Hall–Kier alpha value is -5.48. The molecular weight excluding hydrogens is 635 g/mol. The van der Waals surface area contributed by atoms with Crippen molar-refractivity contribution in [2.24, 2.45) is 5.92 Å². The van der Waals surface area contributed by atoms with E-state index in [0.29, 0.717) is 11.7 Å². The normalized spacial score (nSPS) is 12.2. The van der Waals surface area contributed by atoms with Gasteiger partial charge in [-0.15, -0.1) is 0 Å². The number of phenols is 1. The van der Waals surface area contributed by atoms with Crippen molar-refractivity contribution < 1.29 is 5.11 Å². The van der Waals surface area contributed by atoms with Crippen LogP contribution in [0.25, 0.3) is 61.6 Å². The van der Waals surface area contributed by atoms with E-state index < -0.39 is 0 Å². The first-order chi connectivity index (χ1) is 24.8. The van der Waals surface area contributed by atoms with Crippen LogP contribution in [0.1, 0.15) is 72.1 Å². The average molecular weight is 684 g/mol. The van der Waals surface area contributed by atoms with E-state index in [-0.39, 0.29) is 16.6 Å². The molecule has 0 bridgehead atoms. The number of pyridine rings is 1. The molecule has 4 heteroatoms. The quantitative estimate of drug-likeness (QED) is 0.182. The van der Waals surface area contributed by atoms with Crippen LogP contribution in [0.4, 0.5) is 0 Å². The zero-order chi connectivity index (χ0) is 36.8. The fourth-order valence-electron chi connectivity index (χ4n) is 7.22. The lowest BCUT2D eigenvalue weighted by molar-refractivity contribution is 0.446. The highest BCUT2D eigenvalue weighted by Gasteiger charge is 2.29. The molecule has 52 heavy (non-hydrogen) atoms. The van der Waals surface area contributed by atoms with E-state index in [1.807, 2.05) is 24.4 Å². The van der Waals surface area contributed by atoms with Crippen molar-refractivity contribution in [2.45, 2.75) is 72.6 Å². The molecule has 0 spiro atoms. The summed E-state index contributed by atoms with van der Waals surface area (Å²) in [6.07, 6.45) is 2.81. The van der Waals surface area contributed by atoms with Gasteiger partial charge in [-0.25, -0.2) is 4.98 Å². The number of aromatic nitrogens is 3. The number of hydrogen-bond acceptors (Lipinski definition) is 3. The summed E-state index contributed by atoms with van der Waals surface area (Å²) in [5.41, 5.74) is 12.9. The van der Waals surface area contributed by atoms with E-state index >= 15 is 0 Å². The van der Waals surface area contributed by atoms with Crippen LogP contribution < -0.4 is 0 Å². The topological polar surface area (TPSA) is 50.9 Å². The maximum atomic E-state index is 12.3. The number of hydrogen-bond donors (Lipinski definition) is 1. The summed E-state index contributed by atoms with van der Waals surface area (Å²) < 4.78 is 2.26. The second-order valence-electron chi connectivity index (χ2n) is 16.5. The van der Waals surface area contributed by atoms with Gasteiger partial charge in [0, 0.05) is 28.5 Å². The van der Waals surface area contributed by atoms with Crippen LogP contribution in [0.2, 0.25) is 0 Å². The largest absolute Gasteiger partial charge is 0.507 e. The molecule has 0 radical (unpaired) electrons. The van der Waals surface area contributed by atoms with Crippen molar-refractivity contribution in [1.29, 1.82) is 0 Å². The van der Waals surface area contributed by atoms with Gasteiger partial charge in [0.05, 0.1) is 28.0 Å². The van der Waals surface area contributed by atoms with Gasteiger partial charge < -0.3 is 5.11 Å². The number of benzene rings is 5. The summed E-state index contributed by atoms with van der Waals surface area (Å²) in [6.45, 7) is 17.7. The third-order valence-corrected chi connectivity index (χ3v) is 9.85. The Morgan fingerprint density at radius 3 is 2.02 bits per heavy atom. The van der Waals surface area contributed by atoms with Crippen LogP contribution in [0, 0.1) is 5.92 Å². The summed E-state index contributed by atoms with van der Waals surface area (Å²) in [7, 11) is 0. The van der Waals surface area contributed by atoms with E-state index in [4.69, 9.17) is 9.97 Å². The molecule has 0 saturated carbocycles. The number of fused-ring (bicyclic) bond motifs is 1. The van der Waals surface area contributed by atoms with Crippen molar-refractivity contribution in [3.63, 3.8) is 0 Å². The molecule has 0 aliphatic heterocycles. The predicted octanol–water partition coefficient (Wildman–Crippen LogP) is 12.6. The number of nitrogens with zero attached hydrogens (tertiary/aromatic N) is 3. The van der Waals surface area contributed by atoms with Crippen molar-refractivity contribution in [1.82, 2.24) is 14.5 Å². The Labute approximate surface area is 308 Å². The van der Waals surface area contributed by atoms with Crippen LogP contribution in [0.5, 0.6) is 5.75 Å². The minimum atomic E-state index is -0.289. The van der Waals surface area contributed by atoms with E-state index in [2.05, 4.69) is 163 Å².